The molecule has 6 nitrogen and oxygen atoms in total. The topological polar surface area (TPSA) is 68.5 Å². The molecule has 2 heterocycles. The summed E-state index contributed by atoms with van der Waals surface area (Å²) in [7, 11) is 0. The minimum absolute atomic E-state index is 0.291. The van der Waals surface area contributed by atoms with E-state index in [0.717, 1.165) is 25.9 Å². The van der Waals surface area contributed by atoms with E-state index in [1.165, 1.54) is 12.8 Å². The Morgan fingerprint density at radius 3 is 2.60 bits per heavy atom. The number of hydrogen-bond donors (Lipinski definition) is 0. The standard InChI is InChI=1S/C14H23N3O3/c1-3-11(13(18)19-4-2)12-15-14(16-20-12)17-9-7-5-6-8-10-17/h11H,3-10H2,1-2H3. The van der Waals surface area contributed by atoms with Crippen LogP contribution in [0, 0.1) is 0 Å². The number of anilines is 1. The maximum Gasteiger partial charge on any atom is 0.318 e. The van der Waals surface area contributed by atoms with Gasteiger partial charge in [-0.05, 0) is 31.3 Å². The van der Waals surface area contributed by atoms with Gasteiger partial charge in [-0.2, -0.15) is 4.98 Å². The molecule has 1 fully saturated rings. The van der Waals surface area contributed by atoms with Crippen LogP contribution in [0.2, 0.25) is 0 Å². The highest BCUT2D eigenvalue weighted by atomic mass is 16.5. The maximum absolute atomic E-state index is 11.9. The molecule has 2 rings (SSSR count). The number of aromatic nitrogens is 2. The second-order valence-corrected chi connectivity index (χ2v) is 5.05. The summed E-state index contributed by atoms with van der Waals surface area (Å²) in [4.78, 5) is 18.4. The van der Waals surface area contributed by atoms with Gasteiger partial charge in [0.05, 0.1) is 6.61 Å². The van der Waals surface area contributed by atoms with Gasteiger partial charge in [0.15, 0.2) is 0 Å². The lowest BCUT2D eigenvalue weighted by molar-refractivity contribution is -0.145. The Morgan fingerprint density at radius 2 is 2.00 bits per heavy atom. The van der Waals surface area contributed by atoms with Crippen molar-refractivity contribution in [1.29, 1.82) is 0 Å². The van der Waals surface area contributed by atoms with Gasteiger partial charge in [-0.25, -0.2) is 0 Å². The molecule has 1 aliphatic rings. The van der Waals surface area contributed by atoms with E-state index in [2.05, 4.69) is 15.0 Å². The summed E-state index contributed by atoms with van der Waals surface area (Å²) in [6.07, 6.45) is 5.40. The lowest BCUT2D eigenvalue weighted by atomic mass is 10.1. The van der Waals surface area contributed by atoms with Crippen molar-refractivity contribution in [1.82, 2.24) is 10.1 Å². The van der Waals surface area contributed by atoms with Crippen LogP contribution in [-0.2, 0) is 9.53 Å². The second kappa shape index (κ2) is 7.26. The highest BCUT2D eigenvalue weighted by molar-refractivity contribution is 5.76. The van der Waals surface area contributed by atoms with Crippen LogP contribution in [0.3, 0.4) is 0 Å². The van der Waals surface area contributed by atoms with Crippen LogP contribution in [0.5, 0.6) is 0 Å². The highest BCUT2D eigenvalue weighted by Gasteiger charge is 2.27. The molecular formula is C14H23N3O3. The van der Waals surface area contributed by atoms with E-state index in [1.807, 2.05) is 6.92 Å². The first-order valence-electron chi connectivity index (χ1n) is 7.51. The molecule has 0 amide bonds. The van der Waals surface area contributed by atoms with Crippen molar-refractivity contribution in [3.63, 3.8) is 0 Å². The molecule has 1 aromatic heterocycles. The fraction of sp³-hybridized carbons (Fsp3) is 0.786. The Morgan fingerprint density at radius 1 is 1.30 bits per heavy atom. The summed E-state index contributed by atoms with van der Waals surface area (Å²) in [6, 6.07) is 0. The number of carbonyl (C=O) groups is 1. The lowest BCUT2D eigenvalue weighted by Crippen LogP contribution is -2.25. The Labute approximate surface area is 119 Å². The fourth-order valence-electron chi connectivity index (χ4n) is 2.45. The van der Waals surface area contributed by atoms with E-state index in [1.54, 1.807) is 6.92 Å². The maximum atomic E-state index is 11.9. The molecule has 1 unspecified atom stereocenters. The predicted molar refractivity (Wildman–Crippen MR) is 74.6 cm³/mol. The van der Waals surface area contributed by atoms with E-state index in [4.69, 9.17) is 9.26 Å². The summed E-state index contributed by atoms with van der Waals surface area (Å²) < 4.78 is 10.3. The summed E-state index contributed by atoms with van der Waals surface area (Å²) in [5.41, 5.74) is 0. The Hall–Kier alpha value is -1.59. The number of nitrogens with zero attached hydrogens (tertiary/aromatic N) is 3. The molecule has 6 heteroatoms. The molecule has 0 saturated carbocycles. The van der Waals surface area contributed by atoms with Crippen LogP contribution in [0.1, 0.15) is 57.8 Å². The highest BCUT2D eigenvalue weighted by Crippen LogP contribution is 2.23. The average Bonchev–Trinajstić information content (AvgIpc) is 2.75. The Bertz CT molecular complexity index is 425. The first-order valence-corrected chi connectivity index (χ1v) is 7.51. The van der Waals surface area contributed by atoms with Crippen LogP contribution >= 0.6 is 0 Å². The molecule has 0 aliphatic carbocycles. The van der Waals surface area contributed by atoms with E-state index in [9.17, 15) is 4.79 Å². The number of rotatable bonds is 5. The van der Waals surface area contributed by atoms with E-state index in [-0.39, 0.29) is 5.97 Å². The van der Waals surface area contributed by atoms with Gasteiger partial charge < -0.3 is 14.2 Å². The normalized spacial score (nSPS) is 17.6. The van der Waals surface area contributed by atoms with Crippen LogP contribution < -0.4 is 4.90 Å². The Kier molecular flexibility index (Phi) is 5.38. The zero-order valence-electron chi connectivity index (χ0n) is 12.3. The van der Waals surface area contributed by atoms with Gasteiger partial charge in [0, 0.05) is 13.1 Å². The minimum Gasteiger partial charge on any atom is -0.465 e. The van der Waals surface area contributed by atoms with Crippen molar-refractivity contribution in [3.8, 4) is 0 Å². The van der Waals surface area contributed by atoms with Crippen molar-refractivity contribution >= 4 is 11.9 Å². The van der Waals surface area contributed by atoms with Gasteiger partial charge in [0.25, 0.3) is 5.95 Å². The van der Waals surface area contributed by atoms with Gasteiger partial charge >= 0.3 is 5.97 Å². The zero-order valence-corrected chi connectivity index (χ0v) is 12.3. The molecule has 20 heavy (non-hydrogen) atoms. The third kappa shape index (κ3) is 3.49. The van der Waals surface area contributed by atoms with Crippen LogP contribution in [0.15, 0.2) is 4.52 Å². The van der Waals surface area contributed by atoms with Gasteiger partial charge in [0.2, 0.25) is 5.89 Å². The monoisotopic (exact) mass is 281 g/mol. The van der Waals surface area contributed by atoms with E-state index >= 15 is 0 Å². The molecule has 0 N–H and O–H groups in total. The third-order valence-corrected chi connectivity index (χ3v) is 3.60. The number of carbonyl (C=O) groups excluding carboxylic acids is 1. The van der Waals surface area contributed by atoms with Crippen molar-refractivity contribution in [2.75, 3.05) is 24.6 Å². The molecule has 1 aromatic rings. The first kappa shape index (κ1) is 14.8. The van der Waals surface area contributed by atoms with Gasteiger partial charge in [-0.1, -0.05) is 19.8 Å². The molecule has 0 radical (unpaired) electrons. The average molecular weight is 281 g/mol. The summed E-state index contributed by atoms with van der Waals surface area (Å²) in [5, 5.41) is 4.02. The van der Waals surface area contributed by atoms with E-state index in [0.29, 0.717) is 24.9 Å². The molecular weight excluding hydrogens is 258 g/mol. The zero-order chi connectivity index (χ0) is 14.4. The largest absolute Gasteiger partial charge is 0.465 e. The van der Waals surface area contributed by atoms with Crippen molar-refractivity contribution in [2.24, 2.45) is 0 Å². The summed E-state index contributed by atoms with van der Waals surface area (Å²) >= 11 is 0. The molecule has 1 aliphatic heterocycles. The molecule has 0 bridgehead atoms. The smallest absolute Gasteiger partial charge is 0.318 e. The molecule has 0 spiro atoms. The second-order valence-electron chi connectivity index (χ2n) is 5.05. The molecule has 1 atom stereocenters. The number of hydrogen-bond acceptors (Lipinski definition) is 6. The number of ether oxygens (including phenoxy) is 1. The number of esters is 1. The van der Waals surface area contributed by atoms with Crippen LogP contribution in [0.25, 0.3) is 0 Å². The molecule has 112 valence electrons. The Balaban J connectivity index is 2.08. The lowest BCUT2D eigenvalue weighted by Gasteiger charge is -2.16. The van der Waals surface area contributed by atoms with Crippen molar-refractivity contribution < 1.29 is 14.1 Å². The molecule has 0 aromatic carbocycles. The van der Waals surface area contributed by atoms with Crippen molar-refractivity contribution in [2.45, 2.75) is 51.9 Å². The summed E-state index contributed by atoms with van der Waals surface area (Å²) in [5.74, 6) is 0.221. The molecule has 1 saturated heterocycles. The quantitative estimate of drug-likeness (QED) is 0.772. The van der Waals surface area contributed by atoms with Gasteiger partial charge in [-0.15, -0.1) is 0 Å². The van der Waals surface area contributed by atoms with Gasteiger partial charge in [0.1, 0.15) is 5.92 Å². The van der Waals surface area contributed by atoms with Crippen LogP contribution in [-0.4, -0.2) is 35.8 Å². The van der Waals surface area contributed by atoms with Crippen LogP contribution in [0.4, 0.5) is 5.95 Å². The van der Waals surface area contributed by atoms with Gasteiger partial charge in [-0.3, -0.25) is 4.79 Å². The summed E-state index contributed by atoms with van der Waals surface area (Å²) in [6.45, 7) is 5.98. The SMILES string of the molecule is CCOC(=O)C(CC)c1nc(N2CCCCCC2)no1. The fourth-order valence-corrected chi connectivity index (χ4v) is 2.45. The predicted octanol–water partition coefficient (Wildman–Crippen LogP) is 2.51. The van der Waals surface area contributed by atoms with Crippen molar-refractivity contribution in [3.05, 3.63) is 5.89 Å². The van der Waals surface area contributed by atoms with E-state index < -0.39 is 5.92 Å². The first-order chi connectivity index (χ1) is 9.76. The third-order valence-electron chi connectivity index (χ3n) is 3.60. The minimum atomic E-state index is -0.455.